The molecule has 2 aromatic rings. The molecule has 1 amide bonds. The lowest BCUT2D eigenvalue weighted by Crippen LogP contribution is -2.39. The van der Waals surface area contributed by atoms with Crippen LogP contribution >= 0.6 is 0 Å². The summed E-state index contributed by atoms with van der Waals surface area (Å²) in [6, 6.07) is 11.9. The van der Waals surface area contributed by atoms with Crippen molar-refractivity contribution < 1.29 is 9.53 Å². The van der Waals surface area contributed by atoms with Gasteiger partial charge in [-0.25, -0.2) is 9.78 Å². The van der Waals surface area contributed by atoms with Gasteiger partial charge in [-0.3, -0.25) is 0 Å². The molecule has 26 heavy (non-hydrogen) atoms. The highest BCUT2D eigenvalue weighted by Gasteiger charge is 2.30. The second-order valence-electron chi connectivity index (χ2n) is 7.04. The summed E-state index contributed by atoms with van der Waals surface area (Å²) in [7, 11) is 3.96. The first kappa shape index (κ1) is 18.2. The molecule has 1 atom stereocenters. The molecule has 5 heteroatoms. The smallest absolute Gasteiger partial charge is 0.410 e. The first-order valence-corrected chi connectivity index (χ1v) is 9.17. The Morgan fingerprint density at radius 2 is 2.04 bits per heavy atom. The summed E-state index contributed by atoms with van der Waals surface area (Å²) in [4.78, 5) is 21.1. The molecule has 1 saturated heterocycles. The minimum absolute atomic E-state index is 0.0377. The second kappa shape index (κ2) is 8.21. The summed E-state index contributed by atoms with van der Waals surface area (Å²) in [6.07, 6.45) is 4.75. The normalized spacial score (nSPS) is 17.0. The predicted octanol–water partition coefficient (Wildman–Crippen LogP) is 4.32. The lowest BCUT2D eigenvalue weighted by molar-refractivity contribution is 0.0677. The summed E-state index contributed by atoms with van der Waals surface area (Å²) >= 11 is 0. The lowest BCUT2D eigenvalue weighted by Gasteiger charge is -2.36. The molecule has 0 saturated carbocycles. The predicted molar refractivity (Wildman–Crippen MR) is 103 cm³/mol. The lowest BCUT2D eigenvalue weighted by atomic mass is 9.94. The van der Waals surface area contributed by atoms with Crippen LogP contribution in [0.4, 0.5) is 10.6 Å². The van der Waals surface area contributed by atoms with Gasteiger partial charge in [-0.05, 0) is 48.9 Å². The van der Waals surface area contributed by atoms with E-state index in [-0.39, 0.29) is 12.1 Å². The molecule has 0 N–H and O–H groups in total. The first-order valence-electron chi connectivity index (χ1n) is 9.17. The maximum Gasteiger partial charge on any atom is 0.410 e. The minimum Gasteiger partial charge on any atom is -0.445 e. The van der Waals surface area contributed by atoms with E-state index in [1.54, 1.807) is 0 Å². The largest absolute Gasteiger partial charge is 0.445 e. The highest BCUT2D eigenvalue weighted by Crippen LogP contribution is 2.33. The fourth-order valence-electron chi connectivity index (χ4n) is 3.42. The molecule has 138 valence electrons. The van der Waals surface area contributed by atoms with Crippen LogP contribution in [-0.4, -0.2) is 36.6 Å². The monoisotopic (exact) mass is 353 g/mol. The summed E-state index contributed by atoms with van der Waals surface area (Å²) in [6.45, 7) is 3.12. The molecule has 3 rings (SSSR count). The van der Waals surface area contributed by atoms with Gasteiger partial charge in [0.1, 0.15) is 12.4 Å². The molecule has 5 nitrogen and oxygen atoms in total. The van der Waals surface area contributed by atoms with E-state index >= 15 is 0 Å². The molecule has 1 aliphatic rings. The SMILES string of the molecule is Cc1cc(N(C)C)ncc1[C@@H]1CCCCN1C(=O)OCc1ccccc1. The number of pyridine rings is 1. The van der Waals surface area contributed by atoms with Crippen molar-refractivity contribution in [2.45, 2.75) is 38.8 Å². The van der Waals surface area contributed by atoms with E-state index in [1.807, 2.05) is 60.4 Å². The number of anilines is 1. The minimum atomic E-state index is -0.241. The Hall–Kier alpha value is -2.56. The van der Waals surface area contributed by atoms with Gasteiger partial charge in [-0.2, -0.15) is 0 Å². The van der Waals surface area contributed by atoms with Crippen LogP contribution in [0.5, 0.6) is 0 Å². The zero-order chi connectivity index (χ0) is 18.5. The number of aromatic nitrogens is 1. The maximum absolute atomic E-state index is 12.7. The summed E-state index contributed by atoms with van der Waals surface area (Å²) in [5.41, 5.74) is 3.28. The number of rotatable bonds is 4. The van der Waals surface area contributed by atoms with Crippen molar-refractivity contribution >= 4 is 11.9 Å². The molecule has 0 bridgehead atoms. The molecule has 0 spiro atoms. The zero-order valence-electron chi connectivity index (χ0n) is 15.8. The van der Waals surface area contributed by atoms with E-state index in [0.29, 0.717) is 6.61 Å². The van der Waals surface area contributed by atoms with Crippen LogP contribution in [0.3, 0.4) is 0 Å². The molecule has 1 aromatic heterocycles. The van der Waals surface area contributed by atoms with Crippen molar-refractivity contribution in [2.24, 2.45) is 0 Å². The number of ether oxygens (including phenoxy) is 1. The molecule has 0 radical (unpaired) electrons. The van der Waals surface area contributed by atoms with Crippen LogP contribution in [0, 0.1) is 6.92 Å². The van der Waals surface area contributed by atoms with E-state index in [4.69, 9.17) is 4.74 Å². The number of carbonyl (C=O) groups is 1. The molecule has 2 heterocycles. The van der Waals surface area contributed by atoms with Crippen molar-refractivity contribution in [3.63, 3.8) is 0 Å². The van der Waals surface area contributed by atoms with Gasteiger partial charge < -0.3 is 14.5 Å². The Bertz CT molecular complexity index is 746. The topological polar surface area (TPSA) is 45.7 Å². The Labute approximate surface area is 155 Å². The number of hydrogen-bond acceptors (Lipinski definition) is 4. The quantitative estimate of drug-likeness (QED) is 0.821. The van der Waals surface area contributed by atoms with Gasteiger partial charge in [0.15, 0.2) is 0 Å². The van der Waals surface area contributed by atoms with Crippen LogP contribution in [0.15, 0.2) is 42.6 Å². The Morgan fingerprint density at radius 1 is 1.27 bits per heavy atom. The Balaban J connectivity index is 1.74. The van der Waals surface area contributed by atoms with E-state index in [0.717, 1.165) is 48.3 Å². The molecular formula is C21H27N3O2. The Morgan fingerprint density at radius 3 is 2.73 bits per heavy atom. The van der Waals surface area contributed by atoms with Crippen molar-refractivity contribution in [3.8, 4) is 0 Å². The van der Waals surface area contributed by atoms with Gasteiger partial charge in [0.25, 0.3) is 0 Å². The van der Waals surface area contributed by atoms with Crippen molar-refractivity contribution in [1.29, 1.82) is 0 Å². The third-order valence-corrected chi connectivity index (χ3v) is 4.90. The van der Waals surface area contributed by atoms with E-state index < -0.39 is 0 Å². The Kier molecular flexibility index (Phi) is 5.76. The third-order valence-electron chi connectivity index (χ3n) is 4.90. The average molecular weight is 353 g/mol. The van der Waals surface area contributed by atoms with Gasteiger partial charge in [0.2, 0.25) is 0 Å². The van der Waals surface area contributed by atoms with Crippen LogP contribution in [-0.2, 0) is 11.3 Å². The summed E-state index contributed by atoms with van der Waals surface area (Å²) in [5, 5.41) is 0. The highest BCUT2D eigenvalue weighted by molar-refractivity contribution is 5.68. The summed E-state index contributed by atoms with van der Waals surface area (Å²) in [5.74, 6) is 0.931. The maximum atomic E-state index is 12.7. The van der Waals surface area contributed by atoms with Crippen LogP contribution in [0.1, 0.15) is 42.0 Å². The van der Waals surface area contributed by atoms with Gasteiger partial charge >= 0.3 is 6.09 Å². The number of amides is 1. The van der Waals surface area contributed by atoms with Crippen LogP contribution in [0.25, 0.3) is 0 Å². The molecule has 1 aromatic carbocycles. The molecule has 0 aliphatic carbocycles. The van der Waals surface area contributed by atoms with Crippen LogP contribution < -0.4 is 4.90 Å². The van der Waals surface area contributed by atoms with E-state index in [1.165, 1.54) is 0 Å². The number of piperidine rings is 1. The number of aryl methyl sites for hydroxylation is 1. The van der Waals surface area contributed by atoms with E-state index in [2.05, 4.69) is 18.0 Å². The molecular weight excluding hydrogens is 326 g/mol. The van der Waals surface area contributed by atoms with Gasteiger partial charge in [0, 0.05) is 26.8 Å². The van der Waals surface area contributed by atoms with E-state index in [9.17, 15) is 4.79 Å². The molecule has 0 unspecified atom stereocenters. The van der Waals surface area contributed by atoms with Gasteiger partial charge in [-0.1, -0.05) is 30.3 Å². The average Bonchev–Trinajstić information content (AvgIpc) is 2.67. The number of benzene rings is 1. The third kappa shape index (κ3) is 4.15. The standard InChI is InChI=1S/C21H27N3O2/c1-16-13-20(23(2)3)22-14-18(16)19-11-7-8-12-24(19)21(25)26-15-17-9-5-4-6-10-17/h4-6,9-10,13-14,19H,7-8,11-12,15H2,1-3H3/t19-/m0/s1. The van der Waals surface area contributed by atoms with Gasteiger partial charge in [0.05, 0.1) is 6.04 Å². The van der Waals surface area contributed by atoms with Crippen LogP contribution in [0.2, 0.25) is 0 Å². The number of hydrogen-bond donors (Lipinski definition) is 0. The highest BCUT2D eigenvalue weighted by atomic mass is 16.6. The second-order valence-corrected chi connectivity index (χ2v) is 7.04. The van der Waals surface area contributed by atoms with Crippen molar-refractivity contribution in [1.82, 2.24) is 9.88 Å². The number of likely N-dealkylation sites (tertiary alicyclic amines) is 1. The molecule has 1 fully saturated rings. The number of carbonyl (C=O) groups excluding carboxylic acids is 1. The number of nitrogens with zero attached hydrogens (tertiary/aromatic N) is 3. The van der Waals surface area contributed by atoms with Crippen molar-refractivity contribution in [3.05, 3.63) is 59.3 Å². The molecule has 1 aliphatic heterocycles. The summed E-state index contributed by atoms with van der Waals surface area (Å²) < 4.78 is 5.58. The fourth-order valence-corrected chi connectivity index (χ4v) is 3.42. The zero-order valence-corrected chi connectivity index (χ0v) is 15.8. The first-order chi connectivity index (χ1) is 12.6. The fraction of sp³-hybridized carbons (Fsp3) is 0.429. The van der Waals surface area contributed by atoms with Crippen molar-refractivity contribution in [2.75, 3.05) is 25.5 Å². The van der Waals surface area contributed by atoms with Gasteiger partial charge in [-0.15, -0.1) is 0 Å².